The first-order chi connectivity index (χ1) is 27.8. The van der Waals surface area contributed by atoms with Crippen LogP contribution >= 0.6 is 0 Å². The molecule has 11 rings (SSSR count). The Bertz CT molecular complexity index is 2810. The zero-order valence-corrected chi connectivity index (χ0v) is 33.2. The summed E-state index contributed by atoms with van der Waals surface area (Å²) < 4.78 is 0. The summed E-state index contributed by atoms with van der Waals surface area (Å²) in [4.78, 5) is 2.46. The number of hydrogen-bond acceptors (Lipinski definition) is 1. The normalized spacial score (nSPS) is 21.6. The molecule has 0 heterocycles. The first-order valence-corrected chi connectivity index (χ1v) is 20.7. The fraction of sp³-hybridized carbons (Fsp3) is 0.179. The monoisotopic (exact) mass is 733 g/mol. The minimum atomic E-state index is -0.0906. The van der Waals surface area contributed by atoms with E-state index in [-0.39, 0.29) is 16.7 Å². The van der Waals surface area contributed by atoms with Gasteiger partial charge in [0.15, 0.2) is 0 Å². The summed E-state index contributed by atoms with van der Waals surface area (Å²) in [5.41, 5.74) is 17.2. The number of rotatable bonds is 5. The highest BCUT2D eigenvalue weighted by molar-refractivity contribution is 5.89. The maximum absolute atomic E-state index is 2.53. The fourth-order valence-electron chi connectivity index (χ4n) is 11.2. The maximum atomic E-state index is 2.53. The molecular weight excluding hydrogens is 687 g/mol. The van der Waals surface area contributed by atoms with Crippen LogP contribution in [-0.4, -0.2) is 0 Å². The highest BCUT2D eigenvalue weighted by atomic mass is 15.1. The summed E-state index contributed by atoms with van der Waals surface area (Å²) in [5, 5.41) is 2.53. The molecule has 4 aliphatic carbocycles. The topological polar surface area (TPSA) is 3.24 Å². The number of hydrogen-bond donors (Lipinski definition) is 0. The second-order valence-electron chi connectivity index (χ2n) is 17.8. The lowest BCUT2D eigenvalue weighted by Gasteiger charge is -2.36. The van der Waals surface area contributed by atoms with E-state index in [2.05, 4.69) is 221 Å². The first-order valence-electron chi connectivity index (χ1n) is 20.7. The molecule has 4 unspecified atom stereocenters. The summed E-state index contributed by atoms with van der Waals surface area (Å²) in [6.07, 6.45) is 12.0. The highest BCUT2D eigenvalue weighted by Gasteiger charge is 2.54. The van der Waals surface area contributed by atoms with Crippen molar-refractivity contribution in [2.75, 3.05) is 4.90 Å². The Kier molecular flexibility index (Phi) is 7.58. The van der Waals surface area contributed by atoms with E-state index in [9.17, 15) is 0 Å². The van der Waals surface area contributed by atoms with Gasteiger partial charge in [-0.3, -0.25) is 0 Å². The third-order valence-corrected chi connectivity index (χ3v) is 14.1. The largest absolute Gasteiger partial charge is 0.310 e. The number of fused-ring (bicyclic) bond motifs is 8. The van der Waals surface area contributed by atoms with Gasteiger partial charge < -0.3 is 4.90 Å². The highest BCUT2D eigenvalue weighted by Crippen LogP contribution is 2.63. The lowest BCUT2D eigenvalue weighted by Crippen LogP contribution is -2.24. The van der Waals surface area contributed by atoms with Crippen LogP contribution in [-0.2, 0) is 5.41 Å². The zero-order valence-electron chi connectivity index (χ0n) is 33.2. The van der Waals surface area contributed by atoms with Crippen molar-refractivity contribution in [1.82, 2.24) is 0 Å². The van der Waals surface area contributed by atoms with E-state index < -0.39 is 0 Å². The molecule has 1 saturated carbocycles. The average Bonchev–Trinajstić information content (AvgIpc) is 3.62. The van der Waals surface area contributed by atoms with Gasteiger partial charge in [-0.25, -0.2) is 0 Å². The van der Waals surface area contributed by atoms with Crippen molar-refractivity contribution in [2.45, 2.75) is 39.0 Å². The predicted octanol–water partition coefficient (Wildman–Crippen LogP) is 14.8. The van der Waals surface area contributed by atoms with Gasteiger partial charge in [-0.15, -0.1) is 0 Å². The molecule has 0 bridgehead atoms. The van der Waals surface area contributed by atoms with Crippen molar-refractivity contribution in [3.05, 3.63) is 215 Å². The Hall–Kier alpha value is -6.18. The standard InChI is InChI=1S/C56H47N/c1-55(2)49-19-11-9-17-46(49)47-32-31-44(35-51(47)55)57(42-27-23-37(24-28-42)40-22-21-36-13-5-6-14-39(36)33-40)43-29-25-38(26-30-43)53-45-16-8-7-15-41(45)34-52-54(53)48-18-10-12-20-50(48)56(52,3)4/h5-35,48,50,53-54H,1-4H3. The van der Waals surface area contributed by atoms with Gasteiger partial charge in [0.2, 0.25) is 0 Å². The van der Waals surface area contributed by atoms with Crippen LogP contribution in [0.5, 0.6) is 0 Å². The molecule has 0 saturated heterocycles. The van der Waals surface area contributed by atoms with Crippen molar-refractivity contribution < 1.29 is 0 Å². The van der Waals surface area contributed by atoms with E-state index >= 15 is 0 Å². The van der Waals surface area contributed by atoms with Gasteiger partial charge in [0.05, 0.1) is 0 Å². The van der Waals surface area contributed by atoms with Gasteiger partial charge in [0.25, 0.3) is 0 Å². The first kappa shape index (κ1) is 34.1. The van der Waals surface area contributed by atoms with E-state index in [4.69, 9.17) is 0 Å². The Morgan fingerprint density at radius 3 is 1.98 bits per heavy atom. The second kappa shape index (κ2) is 12.7. The van der Waals surface area contributed by atoms with Gasteiger partial charge >= 0.3 is 0 Å². The maximum Gasteiger partial charge on any atom is 0.0465 e. The molecule has 1 fully saturated rings. The van der Waals surface area contributed by atoms with Crippen molar-refractivity contribution in [3.63, 3.8) is 0 Å². The molecule has 0 aromatic heterocycles. The molecule has 0 N–H and O–H groups in total. The van der Waals surface area contributed by atoms with Gasteiger partial charge in [0, 0.05) is 28.4 Å². The SMILES string of the molecule is CC1(C)c2ccccc2-c2ccc(N(c3ccc(-c4ccc5ccccc5c4)cc3)c3ccc(C4c5ccccc5C=C5C4C4C=CC=CC4C5(C)C)cc3)cc21. The summed E-state index contributed by atoms with van der Waals surface area (Å²) >= 11 is 0. The van der Waals surface area contributed by atoms with Crippen LogP contribution in [0.2, 0.25) is 0 Å². The summed E-state index contributed by atoms with van der Waals surface area (Å²) in [5.74, 6) is 1.69. The zero-order chi connectivity index (χ0) is 38.5. The smallest absolute Gasteiger partial charge is 0.0465 e. The molecule has 276 valence electrons. The molecule has 0 aliphatic heterocycles. The number of benzene rings is 7. The van der Waals surface area contributed by atoms with E-state index in [0.29, 0.717) is 17.8 Å². The van der Waals surface area contributed by atoms with Crippen LogP contribution < -0.4 is 4.90 Å². The minimum Gasteiger partial charge on any atom is -0.310 e. The lowest BCUT2D eigenvalue weighted by molar-refractivity contribution is 0.317. The van der Waals surface area contributed by atoms with Crippen LogP contribution in [0.25, 0.3) is 39.1 Å². The van der Waals surface area contributed by atoms with Gasteiger partial charge in [0.1, 0.15) is 0 Å². The van der Waals surface area contributed by atoms with Crippen molar-refractivity contribution in [3.8, 4) is 22.3 Å². The molecule has 7 aromatic carbocycles. The molecule has 0 spiro atoms. The Morgan fingerprint density at radius 1 is 0.509 bits per heavy atom. The van der Waals surface area contributed by atoms with E-state index in [1.165, 1.54) is 66.5 Å². The van der Waals surface area contributed by atoms with Crippen LogP contribution in [0.3, 0.4) is 0 Å². The molecule has 4 aliphatic rings. The Morgan fingerprint density at radius 2 is 1.16 bits per heavy atom. The van der Waals surface area contributed by atoms with Crippen molar-refractivity contribution in [2.24, 2.45) is 23.2 Å². The quantitative estimate of drug-likeness (QED) is 0.170. The molecule has 1 heteroatoms. The van der Waals surface area contributed by atoms with E-state index in [0.717, 1.165) is 11.4 Å². The van der Waals surface area contributed by atoms with E-state index in [1.807, 2.05) is 0 Å². The van der Waals surface area contributed by atoms with Crippen LogP contribution in [0, 0.1) is 23.2 Å². The molecule has 1 nitrogen and oxygen atoms in total. The van der Waals surface area contributed by atoms with Crippen molar-refractivity contribution in [1.29, 1.82) is 0 Å². The number of nitrogens with zero attached hydrogens (tertiary/aromatic N) is 1. The summed E-state index contributed by atoms with van der Waals surface area (Å²) in [7, 11) is 0. The van der Waals surface area contributed by atoms with Crippen LogP contribution in [0.1, 0.15) is 61.4 Å². The Balaban J connectivity index is 1.02. The van der Waals surface area contributed by atoms with Gasteiger partial charge in [-0.05, 0) is 126 Å². The Labute approximate surface area is 337 Å². The fourth-order valence-corrected chi connectivity index (χ4v) is 11.2. The summed E-state index contributed by atoms with van der Waals surface area (Å²) in [6.45, 7) is 9.67. The second-order valence-corrected chi connectivity index (χ2v) is 17.8. The molecular formula is C56H47N. The molecule has 0 amide bonds. The lowest BCUT2D eigenvalue weighted by atomic mass is 9.68. The van der Waals surface area contributed by atoms with Crippen LogP contribution in [0.15, 0.2) is 188 Å². The summed E-state index contributed by atoms with van der Waals surface area (Å²) in [6, 6.07) is 59.3. The molecule has 7 aromatic rings. The molecule has 0 radical (unpaired) electrons. The van der Waals surface area contributed by atoms with Crippen molar-refractivity contribution >= 4 is 33.9 Å². The van der Waals surface area contributed by atoms with Crippen LogP contribution in [0.4, 0.5) is 17.1 Å². The third kappa shape index (κ3) is 5.21. The minimum absolute atomic E-state index is 0.0906. The molecule has 4 atom stereocenters. The number of anilines is 3. The third-order valence-electron chi connectivity index (χ3n) is 14.1. The predicted molar refractivity (Wildman–Crippen MR) is 240 cm³/mol. The number of allylic oxidation sites excluding steroid dienone is 5. The molecule has 57 heavy (non-hydrogen) atoms. The average molecular weight is 734 g/mol. The van der Waals surface area contributed by atoms with E-state index in [1.54, 1.807) is 5.57 Å². The van der Waals surface area contributed by atoms with Gasteiger partial charge in [-0.1, -0.05) is 179 Å². The van der Waals surface area contributed by atoms with Gasteiger partial charge in [-0.2, -0.15) is 0 Å².